The quantitative estimate of drug-likeness (QED) is 0.649. The number of Topliss-reactive ketones (excluding diaryl/α,β-unsaturated/α-hetero) is 1. The second-order valence-electron chi connectivity index (χ2n) is 3.84. The van der Waals surface area contributed by atoms with Gasteiger partial charge in [0.25, 0.3) is 0 Å². The minimum atomic E-state index is 0.259. The van der Waals surface area contributed by atoms with E-state index in [1.807, 2.05) is 0 Å². The first-order valence-electron chi connectivity index (χ1n) is 5.51. The number of aliphatic imine (C=N–C) groups is 1. The molecule has 0 amide bonds. The van der Waals surface area contributed by atoms with Crippen molar-refractivity contribution in [2.45, 2.75) is 39.5 Å². The summed E-state index contributed by atoms with van der Waals surface area (Å²) in [6.45, 7) is 6.91. The highest BCUT2D eigenvalue weighted by Crippen LogP contribution is 2.08. The van der Waals surface area contributed by atoms with Gasteiger partial charge in [-0.05, 0) is 13.3 Å². The first-order valence-corrected chi connectivity index (χ1v) is 5.51. The van der Waals surface area contributed by atoms with Crippen molar-refractivity contribution < 1.29 is 4.79 Å². The lowest BCUT2D eigenvalue weighted by Gasteiger charge is -2.19. The van der Waals surface area contributed by atoms with E-state index in [4.69, 9.17) is 0 Å². The molecule has 1 heterocycles. The molecule has 3 nitrogen and oxygen atoms in total. The molecule has 1 aliphatic rings. The summed E-state index contributed by atoms with van der Waals surface area (Å²) in [5, 5.41) is 0. The van der Waals surface area contributed by atoms with Crippen LogP contribution in [0.2, 0.25) is 0 Å². The van der Waals surface area contributed by atoms with E-state index < -0.39 is 0 Å². The molecule has 0 aromatic carbocycles. The Morgan fingerprint density at radius 2 is 2.36 bits per heavy atom. The largest absolute Gasteiger partial charge is 0.359 e. The minimum Gasteiger partial charge on any atom is -0.359 e. The first-order chi connectivity index (χ1) is 6.74. The van der Waals surface area contributed by atoms with Crippen LogP contribution in [0.15, 0.2) is 4.99 Å². The Labute approximate surface area is 86.2 Å². The summed E-state index contributed by atoms with van der Waals surface area (Å²) in [5.74, 6) is 1.41. The fourth-order valence-corrected chi connectivity index (χ4v) is 1.64. The molecule has 0 unspecified atom stereocenters. The summed E-state index contributed by atoms with van der Waals surface area (Å²) in [7, 11) is 0. The molecule has 0 aromatic heterocycles. The summed E-state index contributed by atoms with van der Waals surface area (Å²) in [4.78, 5) is 17.6. The van der Waals surface area contributed by atoms with Gasteiger partial charge in [-0.3, -0.25) is 4.99 Å². The Balaban J connectivity index is 2.31. The molecule has 3 heteroatoms. The predicted molar refractivity (Wildman–Crippen MR) is 58.7 cm³/mol. The fraction of sp³-hybridized carbons (Fsp3) is 0.818. The lowest BCUT2D eigenvalue weighted by Crippen LogP contribution is -2.29. The maximum absolute atomic E-state index is 10.8. The third kappa shape index (κ3) is 3.48. The van der Waals surface area contributed by atoms with Crippen molar-refractivity contribution in [3.63, 3.8) is 0 Å². The molecular weight excluding hydrogens is 176 g/mol. The minimum absolute atomic E-state index is 0.259. The van der Waals surface area contributed by atoms with Gasteiger partial charge in [0, 0.05) is 25.9 Å². The summed E-state index contributed by atoms with van der Waals surface area (Å²) in [6, 6.07) is 0. The number of amidine groups is 1. The molecule has 0 fully saturated rings. The third-order valence-corrected chi connectivity index (χ3v) is 2.51. The van der Waals surface area contributed by atoms with Crippen LogP contribution in [0.1, 0.15) is 39.5 Å². The van der Waals surface area contributed by atoms with Gasteiger partial charge in [0.1, 0.15) is 5.78 Å². The van der Waals surface area contributed by atoms with Gasteiger partial charge in [0.05, 0.1) is 12.4 Å². The van der Waals surface area contributed by atoms with Crippen molar-refractivity contribution in [1.82, 2.24) is 4.90 Å². The fourth-order valence-electron chi connectivity index (χ4n) is 1.64. The molecule has 80 valence electrons. The van der Waals surface area contributed by atoms with Crippen LogP contribution in [0.4, 0.5) is 0 Å². The molecule has 0 bridgehead atoms. The second kappa shape index (κ2) is 5.78. The van der Waals surface area contributed by atoms with Crippen LogP contribution in [-0.4, -0.2) is 36.2 Å². The van der Waals surface area contributed by atoms with Crippen molar-refractivity contribution in [3.05, 3.63) is 0 Å². The van der Waals surface area contributed by atoms with Crippen LogP contribution in [0.25, 0.3) is 0 Å². The number of unbranched alkanes of at least 4 members (excludes halogenated alkanes) is 1. The topological polar surface area (TPSA) is 32.7 Å². The van der Waals surface area contributed by atoms with E-state index in [9.17, 15) is 4.79 Å². The zero-order valence-electron chi connectivity index (χ0n) is 9.25. The zero-order valence-corrected chi connectivity index (χ0v) is 9.25. The Kier molecular flexibility index (Phi) is 4.63. The number of ketones is 1. The van der Waals surface area contributed by atoms with E-state index in [1.54, 1.807) is 6.92 Å². The molecule has 0 radical (unpaired) electrons. The molecule has 0 spiro atoms. The van der Waals surface area contributed by atoms with Gasteiger partial charge in [0.15, 0.2) is 0 Å². The number of hydrogen-bond acceptors (Lipinski definition) is 3. The maximum atomic E-state index is 10.8. The highest BCUT2D eigenvalue weighted by molar-refractivity contribution is 5.88. The molecule has 0 aromatic rings. The molecule has 1 aliphatic heterocycles. The first kappa shape index (κ1) is 11.2. The third-order valence-electron chi connectivity index (χ3n) is 2.51. The van der Waals surface area contributed by atoms with E-state index >= 15 is 0 Å². The highest BCUT2D eigenvalue weighted by Gasteiger charge is 2.15. The second-order valence-corrected chi connectivity index (χ2v) is 3.84. The van der Waals surface area contributed by atoms with E-state index in [2.05, 4.69) is 16.8 Å². The standard InChI is InChI=1S/C11H20N2O/c1-3-4-8-13-9-7-12-11(13)6-5-10(2)14/h3-9H2,1-2H3. The van der Waals surface area contributed by atoms with Crippen molar-refractivity contribution in [1.29, 1.82) is 0 Å². The Morgan fingerprint density at radius 1 is 1.57 bits per heavy atom. The summed E-state index contributed by atoms with van der Waals surface area (Å²) < 4.78 is 0. The van der Waals surface area contributed by atoms with Crippen LogP contribution in [0, 0.1) is 0 Å². The van der Waals surface area contributed by atoms with Crippen molar-refractivity contribution >= 4 is 11.6 Å². The monoisotopic (exact) mass is 196 g/mol. The van der Waals surface area contributed by atoms with Gasteiger partial charge in [0.2, 0.25) is 0 Å². The number of hydrogen-bond donors (Lipinski definition) is 0. The van der Waals surface area contributed by atoms with E-state index in [0.29, 0.717) is 6.42 Å². The summed E-state index contributed by atoms with van der Waals surface area (Å²) >= 11 is 0. The van der Waals surface area contributed by atoms with Crippen molar-refractivity contribution in [2.75, 3.05) is 19.6 Å². The molecule has 0 aliphatic carbocycles. The van der Waals surface area contributed by atoms with Crippen LogP contribution in [-0.2, 0) is 4.79 Å². The van der Waals surface area contributed by atoms with Crippen molar-refractivity contribution in [2.24, 2.45) is 4.99 Å². The molecule has 0 saturated heterocycles. The lowest BCUT2D eigenvalue weighted by molar-refractivity contribution is -0.116. The normalized spacial score (nSPS) is 15.9. The Bertz CT molecular complexity index is 223. The number of nitrogens with zero attached hydrogens (tertiary/aromatic N) is 2. The van der Waals surface area contributed by atoms with Gasteiger partial charge >= 0.3 is 0 Å². The smallest absolute Gasteiger partial charge is 0.130 e. The Morgan fingerprint density at radius 3 is 3.00 bits per heavy atom. The zero-order chi connectivity index (χ0) is 10.4. The van der Waals surface area contributed by atoms with Gasteiger partial charge < -0.3 is 9.69 Å². The van der Waals surface area contributed by atoms with Gasteiger partial charge in [-0.2, -0.15) is 0 Å². The Hall–Kier alpha value is -0.860. The maximum Gasteiger partial charge on any atom is 0.130 e. The lowest BCUT2D eigenvalue weighted by atomic mass is 10.2. The average molecular weight is 196 g/mol. The molecule has 14 heavy (non-hydrogen) atoms. The highest BCUT2D eigenvalue weighted by atomic mass is 16.1. The van der Waals surface area contributed by atoms with Crippen molar-refractivity contribution in [3.8, 4) is 0 Å². The van der Waals surface area contributed by atoms with E-state index in [0.717, 1.165) is 31.9 Å². The van der Waals surface area contributed by atoms with E-state index in [-0.39, 0.29) is 5.78 Å². The molecule has 0 N–H and O–H groups in total. The molecule has 0 saturated carbocycles. The molecule has 1 rings (SSSR count). The van der Waals surface area contributed by atoms with Crippen LogP contribution >= 0.6 is 0 Å². The SMILES string of the molecule is CCCCN1CCN=C1CCC(C)=O. The summed E-state index contributed by atoms with van der Waals surface area (Å²) in [5.41, 5.74) is 0. The predicted octanol–water partition coefficient (Wildman–Crippen LogP) is 1.87. The number of rotatable bonds is 6. The van der Waals surface area contributed by atoms with Gasteiger partial charge in [-0.25, -0.2) is 0 Å². The average Bonchev–Trinajstić information content (AvgIpc) is 2.58. The molecule has 0 atom stereocenters. The number of carbonyl (C=O) groups excluding carboxylic acids is 1. The van der Waals surface area contributed by atoms with Gasteiger partial charge in [-0.15, -0.1) is 0 Å². The number of carbonyl (C=O) groups is 1. The van der Waals surface area contributed by atoms with Crippen LogP contribution in [0.3, 0.4) is 0 Å². The van der Waals surface area contributed by atoms with Crippen LogP contribution < -0.4 is 0 Å². The van der Waals surface area contributed by atoms with Crippen LogP contribution in [0.5, 0.6) is 0 Å². The molecular formula is C11H20N2O. The van der Waals surface area contributed by atoms with Gasteiger partial charge in [-0.1, -0.05) is 13.3 Å². The summed E-state index contributed by atoms with van der Waals surface area (Å²) in [6.07, 6.45) is 3.91. The van der Waals surface area contributed by atoms with E-state index in [1.165, 1.54) is 12.8 Å².